The van der Waals surface area contributed by atoms with Gasteiger partial charge in [0.1, 0.15) is 11.8 Å². The third-order valence-corrected chi connectivity index (χ3v) is 3.56. The molecule has 4 nitrogen and oxygen atoms in total. The Labute approximate surface area is 144 Å². The first-order valence-corrected chi connectivity index (χ1v) is 8.07. The average molecular weight is 351 g/mol. The van der Waals surface area contributed by atoms with Crippen molar-refractivity contribution >= 4 is 46.4 Å². The minimum atomic E-state index is -0.241. The highest BCUT2D eigenvalue weighted by Gasteiger charge is 2.04. The van der Waals surface area contributed by atoms with Gasteiger partial charge in [0.05, 0.1) is 0 Å². The van der Waals surface area contributed by atoms with Gasteiger partial charge in [-0.25, -0.2) is 0 Å². The van der Waals surface area contributed by atoms with Crippen LogP contribution in [0.5, 0.6) is 0 Å². The molecule has 0 fully saturated rings. The second-order valence-electron chi connectivity index (χ2n) is 4.94. The zero-order chi connectivity index (χ0) is 16.7. The normalized spacial score (nSPS) is 10.2. The molecule has 0 aliphatic heterocycles. The van der Waals surface area contributed by atoms with Crippen molar-refractivity contribution < 1.29 is 9.59 Å². The largest absolute Gasteiger partial charge is 0.325 e. The molecular weight excluding hydrogens is 335 g/mol. The van der Waals surface area contributed by atoms with Gasteiger partial charge in [-0.05, 0) is 41.8 Å². The summed E-state index contributed by atoms with van der Waals surface area (Å²) in [5.41, 5.74) is 3.50. The van der Waals surface area contributed by atoms with Gasteiger partial charge in [-0.3, -0.25) is 9.59 Å². The molecule has 0 aliphatic carbocycles. The van der Waals surface area contributed by atoms with Crippen molar-refractivity contribution in [3.63, 3.8) is 0 Å². The van der Waals surface area contributed by atoms with Gasteiger partial charge in [0.2, 0.25) is 11.8 Å². The Morgan fingerprint density at radius 3 is 1.61 bits per heavy atom. The summed E-state index contributed by atoms with van der Waals surface area (Å²) in [7, 11) is 0. The summed E-state index contributed by atoms with van der Waals surface area (Å²) in [6, 6.07) is 15.1. The van der Waals surface area contributed by atoms with E-state index in [4.69, 9.17) is 23.2 Å². The summed E-state index contributed by atoms with van der Waals surface area (Å²) in [6.07, 6.45) is 0.676. The fraction of sp³-hybridized carbons (Fsp3) is 0.176. The monoisotopic (exact) mass is 350 g/mol. The van der Waals surface area contributed by atoms with E-state index >= 15 is 0 Å². The number of hydrogen-bond donors (Lipinski definition) is 2. The van der Waals surface area contributed by atoms with Crippen LogP contribution in [0.2, 0.25) is 0 Å². The first-order valence-electron chi connectivity index (χ1n) is 7.00. The molecule has 2 aromatic rings. The van der Waals surface area contributed by atoms with Gasteiger partial charge in [-0.15, -0.1) is 23.2 Å². The van der Waals surface area contributed by atoms with Crippen molar-refractivity contribution in [2.45, 2.75) is 6.42 Å². The molecule has 0 saturated carbocycles. The minimum absolute atomic E-state index is 0.0768. The Hall–Kier alpha value is -2.04. The van der Waals surface area contributed by atoms with Gasteiger partial charge in [0, 0.05) is 11.4 Å². The summed E-state index contributed by atoms with van der Waals surface area (Å²) >= 11 is 11.0. The highest BCUT2D eigenvalue weighted by molar-refractivity contribution is 6.29. The number of amides is 2. The van der Waals surface area contributed by atoms with E-state index < -0.39 is 0 Å². The third kappa shape index (κ3) is 5.58. The Balaban J connectivity index is 2.10. The zero-order valence-electron chi connectivity index (χ0n) is 12.3. The number of halogens is 2. The van der Waals surface area contributed by atoms with Gasteiger partial charge >= 0.3 is 0 Å². The maximum absolute atomic E-state index is 11.3. The summed E-state index contributed by atoms with van der Waals surface area (Å²) in [5, 5.41) is 5.44. The number of anilines is 2. The second-order valence-corrected chi connectivity index (χ2v) is 5.48. The van der Waals surface area contributed by atoms with Crippen molar-refractivity contribution in [3.8, 4) is 0 Å². The molecular formula is C17H16Cl2N2O2. The molecule has 0 saturated heterocycles. The van der Waals surface area contributed by atoms with Crippen LogP contribution in [0.4, 0.5) is 11.4 Å². The van der Waals surface area contributed by atoms with Crippen molar-refractivity contribution in [2.75, 3.05) is 22.4 Å². The molecule has 2 N–H and O–H groups in total. The van der Waals surface area contributed by atoms with Crippen LogP contribution in [0, 0.1) is 0 Å². The van der Waals surface area contributed by atoms with Gasteiger partial charge in [0.25, 0.3) is 0 Å². The Bertz CT molecular complexity index is 645. The lowest BCUT2D eigenvalue weighted by Gasteiger charge is -2.08. The van der Waals surface area contributed by atoms with Gasteiger partial charge in [-0.1, -0.05) is 24.3 Å². The second kappa shape index (κ2) is 8.56. The number of rotatable bonds is 6. The van der Waals surface area contributed by atoms with Gasteiger partial charge in [0.15, 0.2) is 0 Å². The smallest absolute Gasteiger partial charge is 0.239 e. The molecule has 0 aromatic heterocycles. The molecule has 23 heavy (non-hydrogen) atoms. The van der Waals surface area contributed by atoms with E-state index in [2.05, 4.69) is 10.6 Å². The minimum Gasteiger partial charge on any atom is -0.325 e. The van der Waals surface area contributed by atoms with E-state index in [-0.39, 0.29) is 23.6 Å². The molecule has 0 unspecified atom stereocenters. The van der Waals surface area contributed by atoms with Gasteiger partial charge in [-0.2, -0.15) is 0 Å². The molecule has 0 bridgehead atoms. The first kappa shape index (κ1) is 17.3. The fourth-order valence-corrected chi connectivity index (χ4v) is 2.28. The van der Waals surface area contributed by atoms with Crippen LogP contribution in [0.3, 0.4) is 0 Å². The van der Waals surface area contributed by atoms with Crippen LogP contribution in [0.25, 0.3) is 0 Å². The van der Waals surface area contributed by atoms with E-state index in [9.17, 15) is 9.59 Å². The summed E-state index contributed by atoms with van der Waals surface area (Å²) in [4.78, 5) is 22.7. The van der Waals surface area contributed by atoms with Crippen molar-refractivity contribution in [1.29, 1.82) is 0 Å². The zero-order valence-corrected chi connectivity index (χ0v) is 13.8. The lowest BCUT2D eigenvalue weighted by atomic mass is 10.0. The summed E-state index contributed by atoms with van der Waals surface area (Å²) in [5.74, 6) is -0.636. The molecule has 120 valence electrons. The first-order chi connectivity index (χ1) is 11.1. The van der Waals surface area contributed by atoms with Crippen LogP contribution in [-0.4, -0.2) is 23.6 Å². The van der Waals surface area contributed by atoms with Crippen molar-refractivity contribution in [1.82, 2.24) is 0 Å². The van der Waals surface area contributed by atoms with E-state index in [1.807, 2.05) is 48.5 Å². The highest BCUT2D eigenvalue weighted by atomic mass is 35.5. The third-order valence-electron chi connectivity index (χ3n) is 3.07. The highest BCUT2D eigenvalue weighted by Crippen LogP contribution is 2.17. The number of carbonyl (C=O) groups is 2. The number of benzene rings is 2. The predicted molar refractivity (Wildman–Crippen MR) is 94.4 cm³/mol. The molecule has 0 atom stereocenters. The predicted octanol–water partition coefficient (Wildman–Crippen LogP) is 3.63. The van der Waals surface area contributed by atoms with E-state index in [0.717, 1.165) is 11.1 Å². The number of carbonyl (C=O) groups excluding carboxylic acids is 2. The van der Waals surface area contributed by atoms with Crippen molar-refractivity contribution in [2.24, 2.45) is 0 Å². The van der Waals surface area contributed by atoms with Crippen LogP contribution in [0.15, 0.2) is 48.5 Å². The molecule has 0 spiro atoms. The van der Waals surface area contributed by atoms with Crippen molar-refractivity contribution in [3.05, 3.63) is 59.7 Å². The molecule has 6 heteroatoms. The van der Waals surface area contributed by atoms with Crippen LogP contribution < -0.4 is 10.6 Å². The Morgan fingerprint density at radius 2 is 1.22 bits per heavy atom. The maximum Gasteiger partial charge on any atom is 0.239 e. The van der Waals surface area contributed by atoms with E-state index in [1.54, 1.807) is 0 Å². The number of nitrogens with one attached hydrogen (secondary N) is 2. The quantitative estimate of drug-likeness (QED) is 0.781. The average Bonchev–Trinajstić information content (AvgIpc) is 2.55. The lowest BCUT2D eigenvalue weighted by molar-refractivity contribution is -0.114. The maximum atomic E-state index is 11.3. The molecule has 0 aliphatic rings. The summed E-state index contributed by atoms with van der Waals surface area (Å²) < 4.78 is 0. The Kier molecular flexibility index (Phi) is 6.44. The SMILES string of the molecule is O=C(CCl)Nc1cccc(Cc2cccc(NC(=O)CCl)c2)c1. The van der Waals surface area contributed by atoms with Crippen LogP contribution >= 0.6 is 23.2 Å². The molecule has 2 aromatic carbocycles. The molecule has 2 amide bonds. The standard InChI is InChI=1S/C17H16Cl2N2O2/c18-10-16(22)20-14-5-1-3-12(8-14)7-13-4-2-6-15(9-13)21-17(23)11-19/h1-6,8-9H,7,10-11H2,(H,20,22)(H,21,23). The number of hydrogen-bond acceptors (Lipinski definition) is 2. The summed E-state index contributed by atoms with van der Waals surface area (Å²) in [6.45, 7) is 0. The molecule has 0 radical (unpaired) electrons. The Morgan fingerprint density at radius 1 is 0.783 bits per heavy atom. The topological polar surface area (TPSA) is 58.2 Å². The fourth-order valence-electron chi connectivity index (χ4n) is 2.14. The molecule has 2 rings (SSSR count). The van der Waals surface area contributed by atoms with Gasteiger partial charge < -0.3 is 10.6 Å². The van der Waals surface area contributed by atoms with Crippen LogP contribution in [-0.2, 0) is 16.0 Å². The van der Waals surface area contributed by atoms with Crippen LogP contribution in [0.1, 0.15) is 11.1 Å². The van der Waals surface area contributed by atoms with E-state index in [0.29, 0.717) is 17.8 Å². The van der Waals surface area contributed by atoms with E-state index in [1.165, 1.54) is 0 Å². The molecule has 0 heterocycles. The number of alkyl halides is 2. The lowest BCUT2D eigenvalue weighted by Crippen LogP contribution is -2.13.